The van der Waals surface area contributed by atoms with Crippen LogP contribution in [0.1, 0.15) is 5.56 Å². The maximum Gasteiger partial charge on any atom is 0.252 e. The second-order valence-corrected chi connectivity index (χ2v) is 5.90. The summed E-state index contributed by atoms with van der Waals surface area (Å²) in [6.07, 6.45) is 0. The standard InChI is InChI=1S/C17H14BrN3O/c1-11-3-2-4-12(9-11)15-10-16(22)21-17(20-15)19-14-7-5-13(18)6-8-14/h2-10H,1H3,(H2,19,20,21,22). The van der Waals surface area contributed by atoms with Crippen molar-refractivity contribution in [1.29, 1.82) is 0 Å². The van der Waals surface area contributed by atoms with Gasteiger partial charge < -0.3 is 5.32 Å². The maximum atomic E-state index is 11.9. The first-order valence-electron chi connectivity index (χ1n) is 6.81. The van der Waals surface area contributed by atoms with E-state index < -0.39 is 0 Å². The van der Waals surface area contributed by atoms with Gasteiger partial charge in [-0.2, -0.15) is 0 Å². The van der Waals surface area contributed by atoms with E-state index in [1.165, 1.54) is 6.07 Å². The minimum absolute atomic E-state index is 0.189. The third-order valence-electron chi connectivity index (χ3n) is 3.16. The molecule has 1 aromatic heterocycles. The first-order chi connectivity index (χ1) is 10.6. The number of nitrogens with zero attached hydrogens (tertiary/aromatic N) is 1. The zero-order valence-electron chi connectivity index (χ0n) is 11.9. The van der Waals surface area contributed by atoms with Crippen LogP contribution < -0.4 is 10.9 Å². The van der Waals surface area contributed by atoms with E-state index in [0.717, 1.165) is 21.3 Å². The van der Waals surface area contributed by atoms with E-state index in [-0.39, 0.29) is 5.56 Å². The summed E-state index contributed by atoms with van der Waals surface area (Å²) in [5, 5.41) is 3.11. The van der Waals surface area contributed by atoms with E-state index >= 15 is 0 Å². The fourth-order valence-electron chi connectivity index (χ4n) is 2.14. The van der Waals surface area contributed by atoms with Gasteiger partial charge in [0.25, 0.3) is 5.56 Å². The highest BCUT2D eigenvalue weighted by atomic mass is 79.9. The highest BCUT2D eigenvalue weighted by molar-refractivity contribution is 9.10. The summed E-state index contributed by atoms with van der Waals surface area (Å²) in [6.45, 7) is 2.01. The third-order valence-corrected chi connectivity index (χ3v) is 3.69. The number of benzene rings is 2. The maximum absolute atomic E-state index is 11.9. The molecule has 5 heteroatoms. The molecule has 0 bridgehead atoms. The molecule has 0 fully saturated rings. The number of anilines is 2. The normalized spacial score (nSPS) is 10.5. The Balaban J connectivity index is 1.96. The lowest BCUT2D eigenvalue weighted by Crippen LogP contribution is -2.10. The van der Waals surface area contributed by atoms with Crippen molar-refractivity contribution < 1.29 is 0 Å². The predicted octanol–water partition coefficient (Wildman–Crippen LogP) is 4.25. The van der Waals surface area contributed by atoms with E-state index in [2.05, 4.69) is 31.2 Å². The van der Waals surface area contributed by atoms with Gasteiger partial charge in [-0.3, -0.25) is 9.78 Å². The molecule has 2 N–H and O–H groups in total. The van der Waals surface area contributed by atoms with Crippen molar-refractivity contribution in [3.05, 3.63) is 75.0 Å². The number of aromatic nitrogens is 2. The summed E-state index contributed by atoms with van der Waals surface area (Å²) in [6, 6.07) is 17.1. The van der Waals surface area contributed by atoms with Crippen molar-refractivity contribution >= 4 is 27.6 Å². The molecule has 0 aliphatic rings. The molecule has 0 aliphatic carbocycles. The molecule has 2 aromatic carbocycles. The van der Waals surface area contributed by atoms with Crippen molar-refractivity contribution in [3.63, 3.8) is 0 Å². The number of aromatic amines is 1. The van der Waals surface area contributed by atoms with Crippen molar-refractivity contribution in [3.8, 4) is 11.3 Å². The number of halogens is 1. The van der Waals surface area contributed by atoms with E-state index in [1.807, 2.05) is 55.5 Å². The zero-order valence-corrected chi connectivity index (χ0v) is 13.5. The van der Waals surface area contributed by atoms with E-state index in [9.17, 15) is 4.79 Å². The fraction of sp³-hybridized carbons (Fsp3) is 0.0588. The predicted molar refractivity (Wildman–Crippen MR) is 92.5 cm³/mol. The summed E-state index contributed by atoms with van der Waals surface area (Å²) in [7, 11) is 0. The number of hydrogen-bond acceptors (Lipinski definition) is 3. The van der Waals surface area contributed by atoms with Crippen LogP contribution in [-0.4, -0.2) is 9.97 Å². The van der Waals surface area contributed by atoms with Gasteiger partial charge in [0.15, 0.2) is 0 Å². The van der Waals surface area contributed by atoms with Crippen LogP contribution in [0.3, 0.4) is 0 Å². The molecule has 0 saturated carbocycles. The van der Waals surface area contributed by atoms with Crippen molar-refractivity contribution in [2.24, 2.45) is 0 Å². The Morgan fingerprint density at radius 1 is 1.09 bits per heavy atom. The molecule has 0 atom stereocenters. The highest BCUT2D eigenvalue weighted by Gasteiger charge is 2.05. The van der Waals surface area contributed by atoms with E-state index in [0.29, 0.717) is 11.6 Å². The van der Waals surface area contributed by atoms with Crippen LogP contribution in [0.4, 0.5) is 11.6 Å². The quantitative estimate of drug-likeness (QED) is 0.738. The van der Waals surface area contributed by atoms with Crippen LogP contribution in [0, 0.1) is 6.92 Å². The Labute approximate surface area is 136 Å². The number of aryl methyl sites for hydroxylation is 1. The first kappa shape index (κ1) is 14.5. The summed E-state index contributed by atoms with van der Waals surface area (Å²) < 4.78 is 0.994. The second kappa shape index (κ2) is 6.15. The minimum atomic E-state index is -0.189. The molecule has 0 unspecified atom stereocenters. The molecule has 0 amide bonds. The molecule has 0 aliphatic heterocycles. The van der Waals surface area contributed by atoms with Gasteiger partial charge in [0.2, 0.25) is 5.95 Å². The Morgan fingerprint density at radius 3 is 2.59 bits per heavy atom. The fourth-order valence-corrected chi connectivity index (χ4v) is 2.40. The minimum Gasteiger partial charge on any atom is -0.326 e. The topological polar surface area (TPSA) is 57.8 Å². The SMILES string of the molecule is Cc1cccc(-c2cc(=O)[nH]c(Nc3ccc(Br)cc3)n2)c1. The van der Waals surface area contributed by atoms with Crippen molar-refractivity contribution in [1.82, 2.24) is 9.97 Å². The van der Waals surface area contributed by atoms with Crippen LogP contribution in [-0.2, 0) is 0 Å². The van der Waals surface area contributed by atoms with Crippen LogP contribution in [0.5, 0.6) is 0 Å². The van der Waals surface area contributed by atoms with Gasteiger partial charge in [-0.25, -0.2) is 4.98 Å². The average Bonchev–Trinajstić information content (AvgIpc) is 2.49. The summed E-state index contributed by atoms with van der Waals surface area (Å²) in [5.41, 5.74) is 3.36. The van der Waals surface area contributed by atoms with E-state index in [4.69, 9.17) is 0 Å². The summed E-state index contributed by atoms with van der Waals surface area (Å²) in [4.78, 5) is 19.1. The highest BCUT2D eigenvalue weighted by Crippen LogP contribution is 2.20. The zero-order chi connectivity index (χ0) is 15.5. The smallest absolute Gasteiger partial charge is 0.252 e. The Bertz CT molecular complexity index is 856. The molecule has 3 rings (SSSR count). The molecule has 22 heavy (non-hydrogen) atoms. The van der Waals surface area contributed by atoms with Gasteiger partial charge in [0.1, 0.15) is 0 Å². The number of rotatable bonds is 3. The molecule has 0 spiro atoms. The molecule has 0 saturated heterocycles. The van der Waals surface area contributed by atoms with Gasteiger partial charge >= 0.3 is 0 Å². The largest absolute Gasteiger partial charge is 0.326 e. The van der Waals surface area contributed by atoms with Gasteiger partial charge in [-0.1, -0.05) is 39.7 Å². The van der Waals surface area contributed by atoms with E-state index in [1.54, 1.807) is 0 Å². The monoisotopic (exact) mass is 355 g/mol. The van der Waals surface area contributed by atoms with Gasteiger partial charge in [0.05, 0.1) is 5.69 Å². The average molecular weight is 356 g/mol. The lowest BCUT2D eigenvalue weighted by molar-refractivity contribution is 1.12. The second-order valence-electron chi connectivity index (χ2n) is 4.98. The van der Waals surface area contributed by atoms with Crippen LogP contribution in [0.25, 0.3) is 11.3 Å². The van der Waals surface area contributed by atoms with Gasteiger partial charge in [0, 0.05) is 21.8 Å². The molecular weight excluding hydrogens is 342 g/mol. The molecular formula is C17H14BrN3O. The number of nitrogens with one attached hydrogen (secondary N) is 2. The molecule has 0 radical (unpaired) electrons. The summed E-state index contributed by atoms with van der Waals surface area (Å²) in [5.74, 6) is 0.423. The lowest BCUT2D eigenvalue weighted by Gasteiger charge is -2.08. The molecule has 1 heterocycles. The first-order valence-corrected chi connectivity index (χ1v) is 7.60. The van der Waals surface area contributed by atoms with Crippen LogP contribution >= 0.6 is 15.9 Å². The molecule has 3 aromatic rings. The Kier molecular flexibility index (Phi) is 4.06. The molecule has 4 nitrogen and oxygen atoms in total. The summed E-state index contributed by atoms with van der Waals surface area (Å²) >= 11 is 3.39. The van der Waals surface area contributed by atoms with Gasteiger partial charge in [-0.05, 0) is 37.3 Å². The van der Waals surface area contributed by atoms with Crippen molar-refractivity contribution in [2.45, 2.75) is 6.92 Å². The van der Waals surface area contributed by atoms with Gasteiger partial charge in [-0.15, -0.1) is 0 Å². The van der Waals surface area contributed by atoms with Crippen LogP contribution in [0.2, 0.25) is 0 Å². The Hall–Kier alpha value is -2.40. The molecule has 110 valence electrons. The number of hydrogen-bond donors (Lipinski definition) is 2. The number of H-pyrrole nitrogens is 1. The van der Waals surface area contributed by atoms with Crippen LogP contribution in [0.15, 0.2) is 63.9 Å². The third kappa shape index (κ3) is 3.43. The Morgan fingerprint density at radius 2 is 1.86 bits per heavy atom. The lowest BCUT2D eigenvalue weighted by atomic mass is 10.1. The van der Waals surface area contributed by atoms with Crippen molar-refractivity contribution in [2.75, 3.05) is 5.32 Å².